The summed E-state index contributed by atoms with van der Waals surface area (Å²) in [6.45, 7) is 7.56. The smallest absolute Gasteiger partial charge is 0.276 e. The summed E-state index contributed by atoms with van der Waals surface area (Å²) in [6, 6.07) is 0. The molecule has 0 saturated heterocycles. The molecule has 0 unspecified atom stereocenters. The quantitative estimate of drug-likeness (QED) is 0.799. The van der Waals surface area contributed by atoms with Crippen LogP contribution in [0, 0.1) is 0 Å². The number of nitrogen functional groups attached to an aromatic ring is 1. The Labute approximate surface area is 107 Å². The van der Waals surface area contributed by atoms with Crippen LogP contribution in [0.1, 0.15) is 42.9 Å². The molecule has 0 radical (unpaired) electrons. The maximum atomic E-state index is 12.2. The Morgan fingerprint density at radius 2 is 2.22 bits per heavy atom. The molecule has 0 spiro atoms. The minimum Gasteiger partial charge on any atom is -0.395 e. The summed E-state index contributed by atoms with van der Waals surface area (Å²) in [5, 5.41) is 6.87. The summed E-state index contributed by atoms with van der Waals surface area (Å²) in [6.07, 6.45) is 0. The number of anilines is 1. The first-order chi connectivity index (χ1) is 8.52. The van der Waals surface area contributed by atoms with Crippen molar-refractivity contribution < 1.29 is 9.53 Å². The highest BCUT2D eigenvalue weighted by atomic mass is 16.5. The molecule has 0 fully saturated rings. The van der Waals surface area contributed by atoms with Crippen LogP contribution in [0.2, 0.25) is 0 Å². The van der Waals surface area contributed by atoms with E-state index in [0.717, 1.165) is 5.69 Å². The molecule has 0 bridgehead atoms. The Morgan fingerprint density at radius 3 is 2.67 bits per heavy atom. The van der Waals surface area contributed by atoms with Gasteiger partial charge in [0.1, 0.15) is 0 Å². The molecule has 1 rings (SSSR count). The number of aromatic amines is 1. The van der Waals surface area contributed by atoms with Crippen LogP contribution in [-0.2, 0) is 4.74 Å². The average Bonchev–Trinajstić information content (AvgIpc) is 2.71. The predicted octanol–water partition coefficient (Wildman–Crippen LogP) is 1.22. The van der Waals surface area contributed by atoms with Crippen molar-refractivity contribution >= 4 is 11.6 Å². The molecule has 1 heterocycles. The van der Waals surface area contributed by atoms with E-state index in [-0.39, 0.29) is 11.8 Å². The van der Waals surface area contributed by atoms with Crippen molar-refractivity contribution in [2.45, 2.75) is 26.7 Å². The maximum Gasteiger partial charge on any atom is 0.276 e. The molecule has 1 aromatic heterocycles. The van der Waals surface area contributed by atoms with Crippen LogP contribution < -0.4 is 5.73 Å². The number of H-pyrrole nitrogens is 1. The van der Waals surface area contributed by atoms with E-state index >= 15 is 0 Å². The minimum atomic E-state index is -0.157. The van der Waals surface area contributed by atoms with Gasteiger partial charge in [-0.3, -0.25) is 9.89 Å². The highest BCUT2D eigenvalue weighted by molar-refractivity contribution is 5.97. The topological polar surface area (TPSA) is 84.2 Å². The van der Waals surface area contributed by atoms with Crippen molar-refractivity contribution in [3.05, 3.63) is 11.4 Å². The second kappa shape index (κ2) is 6.39. The van der Waals surface area contributed by atoms with E-state index in [2.05, 4.69) is 10.2 Å². The lowest BCUT2D eigenvalue weighted by Crippen LogP contribution is -2.34. The number of aromatic nitrogens is 2. The lowest BCUT2D eigenvalue weighted by molar-refractivity contribution is 0.0701. The fraction of sp³-hybridized carbons (Fsp3) is 0.667. The molecular formula is C12H22N4O2. The Bertz CT molecular complexity index is 401. The van der Waals surface area contributed by atoms with Crippen molar-refractivity contribution in [2.24, 2.45) is 0 Å². The van der Waals surface area contributed by atoms with Crippen molar-refractivity contribution in [3.8, 4) is 0 Å². The molecule has 18 heavy (non-hydrogen) atoms. The normalized spacial score (nSPS) is 10.9. The summed E-state index contributed by atoms with van der Waals surface area (Å²) in [4.78, 5) is 13.9. The van der Waals surface area contributed by atoms with Gasteiger partial charge in [0.25, 0.3) is 5.91 Å². The molecule has 102 valence electrons. The van der Waals surface area contributed by atoms with E-state index in [1.165, 1.54) is 0 Å². The van der Waals surface area contributed by atoms with Crippen LogP contribution in [0.15, 0.2) is 0 Å². The number of methoxy groups -OCH3 is 1. The molecule has 0 saturated carbocycles. The van der Waals surface area contributed by atoms with Gasteiger partial charge in [0.05, 0.1) is 18.0 Å². The monoisotopic (exact) mass is 254 g/mol. The first-order valence-electron chi connectivity index (χ1n) is 6.14. The Balaban J connectivity index is 2.88. The molecule has 0 aliphatic rings. The van der Waals surface area contributed by atoms with Gasteiger partial charge in [-0.2, -0.15) is 5.10 Å². The number of hydrogen-bond acceptors (Lipinski definition) is 4. The number of ether oxygens (including phenoxy) is 1. The molecular weight excluding hydrogens is 232 g/mol. The number of amides is 1. The van der Waals surface area contributed by atoms with Gasteiger partial charge in [0.15, 0.2) is 5.69 Å². The summed E-state index contributed by atoms with van der Waals surface area (Å²) in [7, 11) is 1.61. The van der Waals surface area contributed by atoms with Gasteiger partial charge in [0, 0.05) is 20.2 Å². The first-order valence-corrected chi connectivity index (χ1v) is 6.14. The zero-order chi connectivity index (χ0) is 13.7. The zero-order valence-corrected chi connectivity index (χ0v) is 11.5. The van der Waals surface area contributed by atoms with Gasteiger partial charge in [0.2, 0.25) is 0 Å². The van der Waals surface area contributed by atoms with E-state index in [0.29, 0.717) is 31.1 Å². The largest absolute Gasteiger partial charge is 0.395 e. The molecule has 6 nitrogen and oxygen atoms in total. The lowest BCUT2D eigenvalue weighted by atomic mass is 10.1. The van der Waals surface area contributed by atoms with Crippen molar-refractivity contribution in [1.82, 2.24) is 15.1 Å². The van der Waals surface area contributed by atoms with E-state index in [9.17, 15) is 4.79 Å². The molecule has 6 heteroatoms. The number of carbonyl (C=O) groups is 1. The van der Waals surface area contributed by atoms with Crippen LogP contribution >= 0.6 is 0 Å². The molecule has 1 amide bonds. The fourth-order valence-corrected chi connectivity index (χ4v) is 1.72. The number of nitrogens with two attached hydrogens (primary N) is 1. The third-order valence-electron chi connectivity index (χ3n) is 2.85. The maximum absolute atomic E-state index is 12.2. The number of hydrogen-bond donors (Lipinski definition) is 2. The zero-order valence-electron chi connectivity index (χ0n) is 11.5. The fourth-order valence-electron chi connectivity index (χ4n) is 1.72. The minimum absolute atomic E-state index is 0.157. The Morgan fingerprint density at radius 1 is 1.56 bits per heavy atom. The van der Waals surface area contributed by atoms with Crippen molar-refractivity contribution in [3.63, 3.8) is 0 Å². The van der Waals surface area contributed by atoms with Crippen LogP contribution in [0.5, 0.6) is 0 Å². The van der Waals surface area contributed by atoms with Gasteiger partial charge in [-0.1, -0.05) is 13.8 Å². The van der Waals surface area contributed by atoms with Crippen LogP contribution in [0.4, 0.5) is 5.69 Å². The van der Waals surface area contributed by atoms with E-state index in [1.54, 1.807) is 12.0 Å². The van der Waals surface area contributed by atoms with E-state index in [1.807, 2.05) is 20.8 Å². The molecule has 1 aromatic rings. The summed E-state index contributed by atoms with van der Waals surface area (Å²) < 4.78 is 4.98. The second-order valence-corrected chi connectivity index (χ2v) is 4.43. The lowest BCUT2D eigenvalue weighted by Gasteiger charge is -2.19. The molecule has 0 aliphatic carbocycles. The van der Waals surface area contributed by atoms with Crippen molar-refractivity contribution in [2.75, 3.05) is 32.5 Å². The van der Waals surface area contributed by atoms with Crippen LogP contribution in [0.3, 0.4) is 0 Å². The standard InChI is InChI=1S/C12H22N4O2/c1-5-16(6-7-18-4)12(17)11-9(13)10(8(2)3)14-15-11/h8H,5-7,13H2,1-4H3,(H,14,15). The number of nitrogens with one attached hydrogen (secondary N) is 1. The first kappa shape index (κ1) is 14.5. The number of rotatable bonds is 6. The van der Waals surface area contributed by atoms with Crippen LogP contribution in [0.25, 0.3) is 0 Å². The second-order valence-electron chi connectivity index (χ2n) is 4.43. The molecule has 0 atom stereocenters. The van der Waals surface area contributed by atoms with Crippen molar-refractivity contribution in [1.29, 1.82) is 0 Å². The molecule has 0 aromatic carbocycles. The van der Waals surface area contributed by atoms with Gasteiger partial charge < -0.3 is 15.4 Å². The average molecular weight is 254 g/mol. The highest BCUT2D eigenvalue weighted by Gasteiger charge is 2.22. The van der Waals surface area contributed by atoms with Gasteiger partial charge in [-0.25, -0.2) is 0 Å². The summed E-state index contributed by atoms with van der Waals surface area (Å²) in [5.41, 5.74) is 7.51. The van der Waals surface area contributed by atoms with Gasteiger partial charge in [-0.05, 0) is 12.8 Å². The van der Waals surface area contributed by atoms with Crippen LogP contribution in [-0.4, -0.2) is 47.8 Å². The van der Waals surface area contributed by atoms with Gasteiger partial charge >= 0.3 is 0 Å². The third kappa shape index (κ3) is 3.01. The molecule has 0 aliphatic heterocycles. The number of nitrogens with zero attached hydrogens (tertiary/aromatic N) is 2. The SMILES string of the molecule is CCN(CCOC)C(=O)c1n[nH]c(C(C)C)c1N. The van der Waals surface area contributed by atoms with E-state index < -0.39 is 0 Å². The Hall–Kier alpha value is -1.56. The van der Waals surface area contributed by atoms with Gasteiger partial charge in [-0.15, -0.1) is 0 Å². The number of carbonyl (C=O) groups excluding carboxylic acids is 1. The predicted molar refractivity (Wildman–Crippen MR) is 70.5 cm³/mol. The molecule has 3 N–H and O–H groups in total. The highest BCUT2D eigenvalue weighted by Crippen LogP contribution is 2.22. The Kier molecular flexibility index (Phi) is 5.15. The van der Waals surface area contributed by atoms with E-state index in [4.69, 9.17) is 10.5 Å². The summed E-state index contributed by atoms with van der Waals surface area (Å²) >= 11 is 0. The summed E-state index contributed by atoms with van der Waals surface area (Å²) in [5.74, 6) is 0.0586. The third-order valence-corrected chi connectivity index (χ3v) is 2.85. The number of likely N-dealkylation sites (N-methyl/N-ethyl adjacent to an activating group) is 1.